The summed E-state index contributed by atoms with van der Waals surface area (Å²) in [6, 6.07) is 7.33. The molecule has 0 fully saturated rings. The number of fused-ring (bicyclic) bond motifs is 1. The maximum absolute atomic E-state index is 10.7. The number of rotatable bonds is 4. The number of carboxylic acid groups (broad SMARTS) is 1. The summed E-state index contributed by atoms with van der Waals surface area (Å²) >= 11 is 0. The Kier molecular flexibility index (Phi) is 3.49. The van der Waals surface area contributed by atoms with Crippen LogP contribution in [-0.4, -0.2) is 30.3 Å². The van der Waals surface area contributed by atoms with Crippen molar-refractivity contribution in [3.05, 3.63) is 24.3 Å². The molecule has 92 valence electrons. The van der Waals surface area contributed by atoms with Gasteiger partial charge < -0.3 is 20.3 Å². The third kappa shape index (κ3) is 2.68. The fourth-order valence-corrected chi connectivity index (χ4v) is 1.86. The second-order valence-corrected chi connectivity index (χ2v) is 4.01. The fraction of sp³-hybridized carbons (Fsp3) is 0.417. The third-order valence-corrected chi connectivity index (χ3v) is 2.80. The lowest BCUT2D eigenvalue weighted by molar-refractivity contribution is -0.139. The maximum atomic E-state index is 10.7. The van der Waals surface area contributed by atoms with Crippen LogP contribution in [0.2, 0.25) is 0 Å². The van der Waals surface area contributed by atoms with Crippen LogP contribution >= 0.6 is 0 Å². The van der Waals surface area contributed by atoms with E-state index >= 15 is 0 Å². The van der Waals surface area contributed by atoms with Crippen LogP contribution in [0.5, 0.6) is 11.5 Å². The lowest BCUT2D eigenvalue weighted by Gasteiger charge is -2.30. The predicted molar refractivity (Wildman–Crippen MR) is 61.2 cm³/mol. The van der Waals surface area contributed by atoms with E-state index < -0.39 is 5.97 Å². The molecular weight excluding hydrogens is 222 g/mol. The van der Waals surface area contributed by atoms with E-state index in [1.165, 1.54) is 0 Å². The highest BCUT2D eigenvalue weighted by Crippen LogP contribution is 2.32. The molecular formula is C12H15NO4. The molecule has 2 rings (SSSR count). The number of benzene rings is 1. The van der Waals surface area contributed by atoms with Crippen LogP contribution in [0.25, 0.3) is 0 Å². The lowest BCUT2D eigenvalue weighted by Crippen LogP contribution is -2.40. The Morgan fingerprint density at radius 2 is 2.18 bits per heavy atom. The van der Waals surface area contributed by atoms with Crippen molar-refractivity contribution >= 4 is 5.97 Å². The van der Waals surface area contributed by atoms with E-state index in [0.717, 1.165) is 0 Å². The van der Waals surface area contributed by atoms with Gasteiger partial charge in [-0.05, 0) is 18.7 Å². The summed E-state index contributed by atoms with van der Waals surface area (Å²) in [5, 5.41) is 8.79. The van der Waals surface area contributed by atoms with Gasteiger partial charge in [0.25, 0.3) is 0 Å². The molecule has 0 amide bonds. The Hall–Kier alpha value is -1.75. The molecule has 0 saturated carbocycles. The van der Waals surface area contributed by atoms with E-state index in [1.807, 2.05) is 18.2 Å². The number of hydrogen-bond acceptors (Lipinski definition) is 4. The van der Waals surface area contributed by atoms with Gasteiger partial charge in [-0.15, -0.1) is 0 Å². The van der Waals surface area contributed by atoms with Crippen molar-refractivity contribution in [1.29, 1.82) is 0 Å². The van der Waals surface area contributed by atoms with E-state index in [2.05, 4.69) is 0 Å². The van der Waals surface area contributed by atoms with Crippen molar-refractivity contribution in [2.45, 2.75) is 12.5 Å². The molecule has 3 N–H and O–H groups in total. The second kappa shape index (κ2) is 5.05. The van der Waals surface area contributed by atoms with Crippen LogP contribution < -0.4 is 15.2 Å². The summed E-state index contributed by atoms with van der Waals surface area (Å²) in [5.74, 6) is 0.228. The molecule has 1 aromatic rings. The smallest absolute Gasteiger partial charge is 0.303 e. The minimum absolute atomic E-state index is 0.00725. The molecule has 0 saturated heterocycles. The molecule has 0 spiro atoms. The van der Waals surface area contributed by atoms with Crippen molar-refractivity contribution in [2.24, 2.45) is 11.7 Å². The molecule has 1 heterocycles. The normalized spacial score (nSPS) is 19.7. The Balaban J connectivity index is 2.08. The second-order valence-electron chi connectivity index (χ2n) is 4.01. The number of nitrogens with two attached hydrogens (primary N) is 1. The van der Waals surface area contributed by atoms with Gasteiger partial charge in [0.15, 0.2) is 11.5 Å². The molecule has 5 heteroatoms. The van der Waals surface area contributed by atoms with Crippen molar-refractivity contribution in [3.8, 4) is 11.5 Å². The van der Waals surface area contributed by atoms with E-state index in [0.29, 0.717) is 18.1 Å². The number of carbonyl (C=O) groups is 1. The SMILES string of the molecule is NCC(CC(=O)O)C1COc2ccccc2O1. The third-order valence-electron chi connectivity index (χ3n) is 2.80. The highest BCUT2D eigenvalue weighted by atomic mass is 16.6. The van der Waals surface area contributed by atoms with E-state index in [1.54, 1.807) is 6.07 Å². The monoisotopic (exact) mass is 237 g/mol. The fourth-order valence-electron chi connectivity index (χ4n) is 1.86. The maximum Gasteiger partial charge on any atom is 0.303 e. The molecule has 0 aliphatic carbocycles. The van der Waals surface area contributed by atoms with E-state index in [9.17, 15) is 4.79 Å². The zero-order chi connectivity index (χ0) is 12.3. The van der Waals surface area contributed by atoms with Crippen LogP contribution in [0.3, 0.4) is 0 Å². The first-order chi connectivity index (χ1) is 8.20. The molecule has 1 aliphatic rings. The molecule has 0 aromatic heterocycles. The van der Waals surface area contributed by atoms with Crippen molar-refractivity contribution in [2.75, 3.05) is 13.2 Å². The van der Waals surface area contributed by atoms with Crippen LogP contribution in [-0.2, 0) is 4.79 Å². The van der Waals surface area contributed by atoms with Crippen molar-refractivity contribution < 1.29 is 19.4 Å². The zero-order valence-corrected chi connectivity index (χ0v) is 9.33. The summed E-state index contributed by atoms with van der Waals surface area (Å²) in [7, 11) is 0. The predicted octanol–water partition coefficient (Wildman–Crippen LogP) is 0.876. The minimum atomic E-state index is -0.872. The minimum Gasteiger partial charge on any atom is -0.486 e. The zero-order valence-electron chi connectivity index (χ0n) is 9.33. The first-order valence-corrected chi connectivity index (χ1v) is 5.51. The largest absolute Gasteiger partial charge is 0.486 e. The number of carboxylic acids is 1. The number of ether oxygens (including phenoxy) is 2. The molecule has 5 nitrogen and oxygen atoms in total. The van der Waals surface area contributed by atoms with Gasteiger partial charge in [0.1, 0.15) is 12.7 Å². The van der Waals surface area contributed by atoms with Gasteiger partial charge in [-0.1, -0.05) is 12.1 Å². The molecule has 0 radical (unpaired) electrons. The molecule has 1 aromatic carbocycles. The summed E-state index contributed by atoms with van der Waals surface area (Å²) in [4.78, 5) is 10.7. The van der Waals surface area contributed by atoms with Crippen LogP contribution in [0.4, 0.5) is 0 Å². The Labute approximate surface area is 99.1 Å². The molecule has 0 bridgehead atoms. The Bertz CT molecular complexity index is 407. The van der Waals surface area contributed by atoms with Gasteiger partial charge >= 0.3 is 5.97 Å². The van der Waals surface area contributed by atoms with Crippen molar-refractivity contribution in [1.82, 2.24) is 0 Å². The molecule has 2 atom stereocenters. The average Bonchev–Trinajstić information content (AvgIpc) is 2.35. The highest BCUT2D eigenvalue weighted by Gasteiger charge is 2.29. The van der Waals surface area contributed by atoms with E-state index in [4.69, 9.17) is 20.3 Å². The number of para-hydroxylation sites is 2. The van der Waals surface area contributed by atoms with Crippen LogP contribution in [0.1, 0.15) is 6.42 Å². The lowest BCUT2D eigenvalue weighted by atomic mass is 9.98. The summed E-state index contributed by atoms with van der Waals surface area (Å²) in [6.45, 7) is 0.606. The average molecular weight is 237 g/mol. The topological polar surface area (TPSA) is 81.8 Å². The van der Waals surface area contributed by atoms with Crippen molar-refractivity contribution in [3.63, 3.8) is 0 Å². The number of aliphatic carboxylic acids is 1. The highest BCUT2D eigenvalue weighted by molar-refractivity contribution is 5.67. The first kappa shape index (κ1) is 11.7. The van der Waals surface area contributed by atoms with Gasteiger partial charge in [0, 0.05) is 5.92 Å². The quantitative estimate of drug-likeness (QED) is 0.812. The Morgan fingerprint density at radius 1 is 1.47 bits per heavy atom. The van der Waals surface area contributed by atoms with Gasteiger partial charge in [0.05, 0.1) is 6.42 Å². The first-order valence-electron chi connectivity index (χ1n) is 5.51. The van der Waals surface area contributed by atoms with Gasteiger partial charge in [-0.25, -0.2) is 0 Å². The Morgan fingerprint density at radius 3 is 2.82 bits per heavy atom. The van der Waals surface area contributed by atoms with Gasteiger partial charge in [-0.2, -0.15) is 0 Å². The summed E-state index contributed by atoms with van der Waals surface area (Å²) in [5.41, 5.74) is 5.57. The van der Waals surface area contributed by atoms with Gasteiger partial charge in [0.2, 0.25) is 0 Å². The van der Waals surface area contributed by atoms with E-state index in [-0.39, 0.29) is 25.0 Å². The molecule has 2 unspecified atom stereocenters. The summed E-state index contributed by atoms with van der Waals surface area (Å²) in [6.07, 6.45) is -0.307. The number of hydrogen-bond donors (Lipinski definition) is 2. The van der Waals surface area contributed by atoms with Crippen LogP contribution in [0, 0.1) is 5.92 Å². The molecule has 17 heavy (non-hydrogen) atoms. The van der Waals surface area contributed by atoms with Gasteiger partial charge in [-0.3, -0.25) is 4.79 Å². The molecule has 1 aliphatic heterocycles. The van der Waals surface area contributed by atoms with Crippen LogP contribution in [0.15, 0.2) is 24.3 Å². The standard InChI is InChI=1S/C12H15NO4/c13-6-8(5-12(14)15)11-7-16-9-3-1-2-4-10(9)17-11/h1-4,8,11H,5-7,13H2,(H,14,15). The summed E-state index contributed by atoms with van der Waals surface area (Å²) < 4.78 is 11.2.